The van der Waals surface area contributed by atoms with E-state index in [0.717, 1.165) is 0 Å². The van der Waals surface area contributed by atoms with Gasteiger partial charge in [0.15, 0.2) is 17.0 Å². The van der Waals surface area contributed by atoms with Crippen LogP contribution in [0.15, 0.2) is 24.5 Å². The molecule has 1 atom stereocenters. The molecule has 0 bridgehead atoms. The Morgan fingerprint density at radius 2 is 2.04 bits per heavy atom. The first-order valence-electron chi connectivity index (χ1n) is 9.12. The number of aromatic hydroxyl groups is 1. The highest BCUT2D eigenvalue weighted by molar-refractivity contribution is 6.30. The van der Waals surface area contributed by atoms with E-state index in [-0.39, 0.29) is 11.8 Å². The molecular weight excluding hydrogens is 380 g/mol. The Kier molecular flexibility index (Phi) is 5.62. The fraction of sp³-hybridized carbons (Fsp3) is 0.421. The fourth-order valence-electron chi connectivity index (χ4n) is 2.61. The van der Waals surface area contributed by atoms with Crippen molar-refractivity contribution in [1.82, 2.24) is 19.5 Å². The van der Waals surface area contributed by atoms with Gasteiger partial charge in [0.2, 0.25) is 5.95 Å². The first-order valence-corrected chi connectivity index (χ1v) is 9.50. The van der Waals surface area contributed by atoms with Crippen LogP contribution in [0.2, 0.25) is 5.02 Å². The summed E-state index contributed by atoms with van der Waals surface area (Å²) < 4.78 is 1.92. The minimum atomic E-state index is -0.941. The number of benzene rings is 1. The molecule has 28 heavy (non-hydrogen) atoms. The second-order valence-corrected chi connectivity index (χ2v) is 7.68. The second kappa shape index (κ2) is 7.81. The van der Waals surface area contributed by atoms with E-state index in [4.69, 9.17) is 11.6 Å². The van der Waals surface area contributed by atoms with Gasteiger partial charge in [-0.15, -0.1) is 0 Å². The lowest BCUT2D eigenvalue weighted by molar-refractivity contribution is 0.0646. The molecule has 150 valence electrons. The predicted molar refractivity (Wildman–Crippen MR) is 111 cm³/mol. The van der Waals surface area contributed by atoms with Gasteiger partial charge >= 0.3 is 0 Å². The predicted octanol–water partition coefficient (Wildman–Crippen LogP) is 3.39. The fourth-order valence-corrected chi connectivity index (χ4v) is 2.80. The van der Waals surface area contributed by atoms with Gasteiger partial charge in [-0.25, -0.2) is 4.98 Å². The summed E-state index contributed by atoms with van der Waals surface area (Å²) in [4.78, 5) is 13.5. The minimum Gasteiger partial charge on any atom is -0.508 e. The summed E-state index contributed by atoms with van der Waals surface area (Å²) in [7, 11) is 0. The molecule has 0 aliphatic carbocycles. The molecule has 3 aromatic rings. The van der Waals surface area contributed by atoms with Crippen molar-refractivity contribution in [3.05, 3.63) is 35.1 Å². The SMILES string of the molecule is CCn1cnc2c(NCc3cc(Cl)ccc3O)nc(NC(C)C(C)(C)O)nc21. The Labute approximate surface area is 168 Å². The molecule has 0 aliphatic heterocycles. The number of fused-ring (bicyclic) bond motifs is 1. The molecule has 4 N–H and O–H groups in total. The Hall–Kier alpha value is -2.58. The molecule has 0 radical (unpaired) electrons. The van der Waals surface area contributed by atoms with Crippen molar-refractivity contribution in [2.45, 2.75) is 52.4 Å². The lowest BCUT2D eigenvalue weighted by Crippen LogP contribution is -2.39. The third-order valence-electron chi connectivity index (χ3n) is 4.70. The summed E-state index contributed by atoms with van der Waals surface area (Å²) in [5.74, 6) is 1.06. The van der Waals surface area contributed by atoms with E-state index in [1.165, 1.54) is 0 Å². The van der Waals surface area contributed by atoms with Crippen LogP contribution in [0.5, 0.6) is 5.75 Å². The van der Waals surface area contributed by atoms with Crippen LogP contribution in [0.4, 0.5) is 11.8 Å². The van der Waals surface area contributed by atoms with Crippen molar-refractivity contribution in [1.29, 1.82) is 0 Å². The number of halogens is 1. The van der Waals surface area contributed by atoms with E-state index < -0.39 is 5.60 Å². The van der Waals surface area contributed by atoms with Crippen molar-refractivity contribution in [3.63, 3.8) is 0 Å². The van der Waals surface area contributed by atoms with E-state index in [0.29, 0.717) is 46.6 Å². The Balaban J connectivity index is 1.95. The van der Waals surface area contributed by atoms with Crippen LogP contribution >= 0.6 is 11.6 Å². The highest BCUT2D eigenvalue weighted by Gasteiger charge is 2.24. The third kappa shape index (κ3) is 4.28. The summed E-state index contributed by atoms with van der Waals surface area (Å²) in [6.07, 6.45) is 1.71. The lowest BCUT2D eigenvalue weighted by atomic mass is 10.0. The number of aryl methyl sites for hydroxylation is 1. The topological polar surface area (TPSA) is 108 Å². The van der Waals surface area contributed by atoms with Crippen molar-refractivity contribution in [2.24, 2.45) is 0 Å². The maximum absolute atomic E-state index is 10.2. The number of anilines is 2. The van der Waals surface area contributed by atoms with E-state index in [9.17, 15) is 10.2 Å². The number of nitrogens with one attached hydrogen (secondary N) is 2. The number of aliphatic hydroxyl groups is 1. The van der Waals surface area contributed by atoms with Gasteiger partial charge in [0.1, 0.15) is 5.75 Å². The molecule has 2 aromatic heterocycles. The number of nitrogens with zero attached hydrogens (tertiary/aromatic N) is 4. The molecular formula is C19H25ClN6O2. The summed E-state index contributed by atoms with van der Waals surface area (Å²) in [5, 5.41) is 27.2. The Bertz CT molecular complexity index is 982. The number of phenols is 1. The second-order valence-electron chi connectivity index (χ2n) is 7.24. The highest BCUT2D eigenvalue weighted by Crippen LogP contribution is 2.26. The maximum atomic E-state index is 10.2. The molecule has 0 saturated heterocycles. The zero-order valence-electron chi connectivity index (χ0n) is 16.4. The van der Waals surface area contributed by atoms with Crippen LogP contribution < -0.4 is 10.6 Å². The van der Waals surface area contributed by atoms with Crippen LogP contribution in [0.3, 0.4) is 0 Å². The van der Waals surface area contributed by atoms with E-state index >= 15 is 0 Å². The molecule has 0 amide bonds. The van der Waals surface area contributed by atoms with Crippen LogP contribution in [0, 0.1) is 0 Å². The zero-order chi connectivity index (χ0) is 20.5. The van der Waals surface area contributed by atoms with Crippen molar-refractivity contribution in [2.75, 3.05) is 10.6 Å². The van der Waals surface area contributed by atoms with E-state index in [1.54, 1.807) is 38.4 Å². The third-order valence-corrected chi connectivity index (χ3v) is 4.93. The molecule has 1 unspecified atom stereocenters. The monoisotopic (exact) mass is 404 g/mol. The van der Waals surface area contributed by atoms with Gasteiger partial charge < -0.3 is 25.4 Å². The number of imidazole rings is 1. The average molecular weight is 405 g/mol. The summed E-state index contributed by atoms with van der Waals surface area (Å²) >= 11 is 6.03. The standard InChI is InChI=1S/C19H25ClN6O2/c1-5-26-10-22-15-16(21-9-12-8-13(20)6-7-14(12)27)24-18(25-17(15)26)23-11(2)19(3,4)28/h6-8,10-11,27-28H,5,9H2,1-4H3,(H2,21,23,24,25). The van der Waals surface area contributed by atoms with E-state index in [1.807, 2.05) is 18.4 Å². The number of rotatable bonds is 7. The highest BCUT2D eigenvalue weighted by atomic mass is 35.5. The first-order chi connectivity index (χ1) is 13.2. The number of hydrogen-bond donors (Lipinski definition) is 4. The molecule has 3 rings (SSSR count). The molecule has 0 spiro atoms. The average Bonchev–Trinajstić information content (AvgIpc) is 3.04. The van der Waals surface area contributed by atoms with Gasteiger partial charge in [0.25, 0.3) is 0 Å². The number of aromatic nitrogens is 4. The molecule has 8 nitrogen and oxygen atoms in total. The van der Waals surface area contributed by atoms with E-state index in [2.05, 4.69) is 25.6 Å². The maximum Gasteiger partial charge on any atom is 0.227 e. The largest absolute Gasteiger partial charge is 0.508 e. The summed E-state index contributed by atoms with van der Waals surface area (Å²) in [6.45, 7) is 8.34. The van der Waals surface area contributed by atoms with Gasteiger partial charge in [0, 0.05) is 23.7 Å². The van der Waals surface area contributed by atoms with Crippen molar-refractivity contribution < 1.29 is 10.2 Å². The van der Waals surface area contributed by atoms with Crippen LogP contribution in [-0.2, 0) is 13.1 Å². The molecule has 1 aromatic carbocycles. The van der Waals surface area contributed by atoms with Gasteiger partial charge in [-0.1, -0.05) is 11.6 Å². The van der Waals surface area contributed by atoms with Gasteiger partial charge in [-0.05, 0) is 45.9 Å². The number of hydrogen-bond acceptors (Lipinski definition) is 7. The zero-order valence-corrected chi connectivity index (χ0v) is 17.1. The summed E-state index contributed by atoms with van der Waals surface area (Å²) in [6, 6.07) is 4.61. The van der Waals surface area contributed by atoms with Gasteiger partial charge in [-0.3, -0.25) is 0 Å². The molecule has 9 heteroatoms. The molecule has 2 heterocycles. The molecule has 0 aliphatic rings. The first kappa shape index (κ1) is 20.2. The molecule has 0 fully saturated rings. The molecule has 0 saturated carbocycles. The van der Waals surface area contributed by atoms with Crippen LogP contribution in [0.25, 0.3) is 11.2 Å². The summed E-state index contributed by atoms with van der Waals surface area (Å²) in [5.41, 5.74) is 1.02. The van der Waals surface area contributed by atoms with Crippen molar-refractivity contribution in [3.8, 4) is 5.75 Å². The van der Waals surface area contributed by atoms with Crippen LogP contribution in [-0.4, -0.2) is 41.4 Å². The quantitative estimate of drug-likeness (QED) is 0.478. The number of phenolic OH excluding ortho intramolecular Hbond substituents is 1. The lowest BCUT2D eigenvalue weighted by Gasteiger charge is -2.26. The Morgan fingerprint density at radius 3 is 2.71 bits per heavy atom. The Morgan fingerprint density at radius 1 is 1.29 bits per heavy atom. The smallest absolute Gasteiger partial charge is 0.227 e. The minimum absolute atomic E-state index is 0.148. The van der Waals surface area contributed by atoms with Crippen LogP contribution in [0.1, 0.15) is 33.3 Å². The van der Waals surface area contributed by atoms with Crippen molar-refractivity contribution >= 4 is 34.5 Å². The normalized spacial score (nSPS) is 12.9. The van der Waals surface area contributed by atoms with Gasteiger partial charge in [-0.2, -0.15) is 9.97 Å². The van der Waals surface area contributed by atoms with Gasteiger partial charge in [0.05, 0.1) is 18.0 Å².